The fourth-order valence-electron chi connectivity index (χ4n) is 2.73. The van der Waals surface area contributed by atoms with E-state index in [2.05, 4.69) is 4.72 Å². The van der Waals surface area contributed by atoms with Gasteiger partial charge in [0.1, 0.15) is 5.76 Å². The third-order valence-corrected chi connectivity index (χ3v) is 6.31. The fourth-order valence-corrected chi connectivity index (χ4v) is 4.19. The van der Waals surface area contributed by atoms with Crippen molar-refractivity contribution >= 4 is 22.0 Å². The van der Waals surface area contributed by atoms with Gasteiger partial charge in [-0.15, -0.1) is 0 Å². The van der Waals surface area contributed by atoms with Crippen LogP contribution in [0.2, 0.25) is 0 Å². The summed E-state index contributed by atoms with van der Waals surface area (Å²) >= 11 is 0. The van der Waals surface area contributed by atoms with E-state index >= 15 is 0 Å². The van der Waals surface area contributed by atoms with Crippen molar-refractivity contribution in [2.75, 3.05) is 19.6 Å². The maximum atomic E-state index is 12.1. The Labute approximate surface area is 136 Å². The summed E-state index contributed by atoms with van der Waals surface area (Å²) in [6, 6.07) is 3.57. The molecule has 0 atom stereocenters. The highest BCUT2D eigenvalue weighted by Crippen LogP contribution is 2.27. The predicted octanol–water partition coefficient (Wildman–Crippen LogP) is 1.61. The van der Waals surface area contributed by atoms with Gasteiger partial charge in [0.15, 0.2) is 0 Å². The molecule has 1 amide bonds. The minimum absolute atomic E-state index is 0.0292. The monoisotopic (exact) mass is 338 g/mol. The number of hydrogen-bond donors (Lipinski definition) is 1. The van der Waals surface area contributed by atoms with Crippen LogP contribution in [0.5, 0.6) is 0 Å². The lowest BCUT2D eigenvalue weighted by molar-refractivity contribution is -0.127. The molecule has 1 N–H and O–H groups in total. The molecular weight excluding hydrogens is 316 g/mol. The van der Waals surface area contributed by atoms with Crippen LogP contribution in [0.3, 0.4) is 0 Å². The number of rotatable bonds is 6. The van der Waals surface area contributed by atoms with Crippen molar-refractivity contribution in [3.63, 3.8) is 0 Å². The maximum absolute atomic E-state index is 12.1. The van der Waals surface area contributed by atoms with Crippen LogP contribution in [0, 0.1) is 5.92 Å². The number of sulfonamides is 1. The highest BCUT2D eigenvalue weighted by Gasteiger charge is 2.36. The molecule has 1 aliphatic carbocycles. The van der Waals surface area contributed by atoms with Crippen molar-refractivity contribution in [1.29, 1.82) is 0 Å². The van der Waals surface area contributed by atoms with Gasteiger partial charge in [-0.05, 0) is 49.8 Å². The van der Waals surface area contributed by atoms with Gasteiger partial charge in [-0.2, -0.15) is 0 Å². The van der Waals surface area contributed by atoms with Crippen molar-refractivity contribution in [3.8, 4) is 0 Å². The first-order chi connectivity index (χ1) is 11.0. The number of piperidine rings is 1. The van der Waals surface area contributed by atoms with Crippen molar-refractivity contribution in [2.45, 2.75) is 30.9 Å². The van der Waals surface area contributed by atoms with Gasteiger partial charge in [0.25, 0.3) is 0 Å². The molecule has 3 rings (SSSR count). The molecule has 0 radical (unpaired) electrons. The van der Waals surface area contributed by atoms with Crippen molar-refractivity contribution in [2.24, 2.45) is 5.92 Å². The lowest BCUT2D eigenvalue weighted by atomic mass is 9.97. The van der Waals surface area contributed by atoms with Gasteiger partial charge >= 0.3 is 0 Å². The average molecular weight is 338 g/mol. The van der Waals surface area contributed by atoms with Crippen LogP contribution in [0.1, 0.15) is 31.4 Å². The number of nitrogens with one attached hydrogen (secondary N) is 1. The first kappa shape index (κ1) is 16.3. The highest BCUT2D eigenvalue weighted by molar-refractivity contribution is 7.90. The smallest absolute Gasteiger partial charge is 0.246 e. The Kier molecular flexibility index (Phi) is 4.87. The van der Waals surface area contributed by atoms with Gasteiger partial charge in [-0.3, -0.25) is 4.79 Å². The second-order valence-corrected chi connectivity index (χ2v) is 8.26. The molecule has 1 aromatic rings. The Morgan fingerprint density at radius 1 is 1.30 bits per heavy atom. The van der Waals surface area contributed by atoms with E-state index in [-0.39, 0.29) is 11.2 Å². The van der Waals surface area contributed by atoms with Crippen LogP contribution in [-0.4, -0.2) is 44.1 Å². The lowest BCUT2D eigenvalue weighted by Crippen LogP contribution is -2.41. The Morgan fingerprint density at radius 3 is 2.65 bits per heavy atom. The lowest BCUT2D eigenvalue weighted by Gasteiger charge is -2.31. The number of carbonyl (C=O) groups is 1. The quantitative estimate of drug-likeness (QED) is 0.799. The summed E-state index contributed by atoms with van der Waals surface area (Å²) in [5, 5.41) is -0.170. The molecule has 0 spiro atoms. The zero-order valence-electron chi connectivity index (χ0n) is 13.0. The van der Waals surface area contributed by atoms with Crippen molar-refractivity contribution < 1.29 is 17.6 Å². The number of likely N-dealkylation sites (tertiary alicyclic amines) is 1. The predicted molar refractivity (Wildman–Crippen MR) is 87.0 cm³/mol. The van der Waals surface area contributed by atoms with E-state index in [1.807, 2.05) is 0 Å². The SMILES string of the molecule is O=C(/C=C/c1ccco1)N1CCC(CNS(=O)(=O)C2CC2)CC1. The molecule has 0 aromatic carbocycles. The molecule has 23 heavy (non-hydrogen) atoms. The van der Waals surface area contributed by atoms with Crippen LogP contribution in [0.15, 0.2) is 28.9 Å². The highest BCUT2D eigenvalue weighted by atomic mass is 32.2. The molecule has 6 nitrogen and oxygen atoms in total. The molecule has 7 heteroatoms. The van der Waals surface area contributed by atoms with E-state index in [0.717, 1.165) is 25.7 Å². The van der Waals surface area contributed by atoms with E-state index in [4.69, 9.17) is 4.42 Å². The maximum Gasteiger partial charge on any atom is 0.246 e. The average Bonchev–Trinajstić information content (AvgIpc) is 3.30. The second-order valence-electron chi connectivity index (χ2n) is 6.21. The standard InChI is InChI=1S/C16H22N2O4S/c19-16(6-3-14-2-1-11-22-14)18-9-7-13(8-10-18)12-17-23(20,21)15-4-5-15/h1-3,6,11,13,15,17H,4-5,7-10,12H2/b6-3+. The molecule has 1 aromatic heterocycles. The van der Waals surface area contributed by atoms with E-state index < -0.39 is 10.0 Å². The van der Waals surface area contributed by atoms with E-state index in [9.17, 15) is 13.2 Å². The second kappa shape index (κ2) is 6.88. The van der Waals surface area contributed by atoms with Crippen LogP contribution in [-0.2, 0) is 14.8 Å². The summed E-state index contributed by atoms with van der Waals surface area (Å²) in [5.74, 6) is 0.933. The Balaban J connectivity index is 1.42. The molecule has 1 saturated heterocycles. The molecule has 0 bridgehead atoms. The Bertz CT molecular complexity index is 654. The molecule has 0 unspecified atom stereocenters. The number of hydrogen-bond acceptors (Lipinski definition) is 4. The summed E-state index contributed by atoms with van der Waals surface area (Å²) in [6.07, 6.45) is 7.97. The number of amides is 1. The van der Waals surface area contributed by atoms with Gasteiger partial charge in [-0.25, -0.2) is 13.1 Å². The fraction of sp³-hybridized carbons (Fsp3) is 0.562. The van der Waals surface area contributed by atoms with E-state index in [0.29, 0.717) is 31.3 Å². The minimum atomic E-state index is -3.10. The summed E-state index contributed by atoms with van der Waals surface area (Å²) in [5.41, 5.74) is 0. The van der Waals surface area contributed by atoms with Gasteiger partial charge in [-0.1, -0.05) is 0 Å². The summed E-state index contributed by atoms with van der Waals surface area (Å²) < 4.78 is 31.5. The van der Waals surface area contributed by atoms with Crippen molar-refractivity contribution in [3.05, 3.63) is 30.2 Å². The minimum Gasteiger partial charge on any atom is -0.465 e. The first-order valence-electron chi connectivity index (χ1n) is 8.03. The van der Waals surface area contributed by atoms with Gasteiger partial charge in [0.05, 0.1) is 11.5 Å². The molecule has 2 aliphatic rings. The number of carbonyl (C=O) groups excluding carboxylic acids is 1. The Hall–Kier alpha value is -1.60. The van der Waals surface area contributed by atoms with Crippen LogP contribution >= 0.6 is 0 Å². The summed E-state index contributed by atoms with van der Waals surface area (Å²) in [7, 11) is -3.10. The Morgan fingerprint density at radius 2 is 2.04 bits per heavy atom. The van der Waals surface area contributed by atoms with Crippen molar-refractivity contribution in [1.82, 2.24) is 9.62 Å². The zero-order valence-corrected chi connectivity index (χ0v) is 13.8. The summed E-state index contributed by atoms with van der Waals surface area (Å²) in [4.78, 5) is 13.9. The van der Waals surface area contributed by atoms with E-state index in [1.54, 1.807) is 29.4 Å². The first-order valence-corrected chi connectivity index (χ1v) is 9.58. The molecular formula is C16H22N2O4S. The number of nitrogens with zero attached hydrogens (tertiary/aromatic N) is 1. The molecule has 1 aliphatic heterocycles. The van der Waals surface area contributed by atoms with Crippen LogP contribution < -0.4 is 4.72 Å². The zero-order chi connectivity index (χ0) is 16.3. The normalized spacial score (nSPS) is 20.3. The summed E-state index contributed by atoms with van der Waals surface area (Å²) in [6.45, 7) is 1.82. The largest absolute Gasteiger partial charge is 0.465 e. The third kappa shape index (κ3) is 4.45. The molecule has 2 fully saturated rings. The van der Waals surface area contributed by atoms with Gasteiger partial charge in [0, 0.05) is 25.7 Å². The van der Waals surface area contributed by atoms with E-state index in [1.165, 1.54) is 6.08 Å². The topological polar surface area (TPSA) is 79.6 Å². The third-order valence-electron chi connectivity index (χ3n) is 4.40. The van der Waals surface area contributed by atoms with Gasteiger partial charge < -0.3 is 9.32 Å². The van der Waals surface area contributed by atoms with Crippen LogP contribution in [0.4, 0.5) is 0 Å². The molecule has 126 valence electrons. The van der Waals surface area contributed by atoms with Crippen LogP contribution in [0.25, 0.3) is 6.08 Å². The molecule has 1 saturated carbocycles. The molecule has 2 heterocycles. The van der Waals surface area contributed by atoms with Gasteiger partial charge in [0.2, 0.25) is 15.9 Å². The number of furan rings is 1.